The number of hydrogen-bond donors (Lipinski definition) is 1. The van der Waals surface area contributed by atoms with E-state index >= 15 is 0 Å². The fourth-order valence-electron chi connectivity index (χ4n) is 3.95. The lowest BCUT2D eigenvalue weighted by molar-refractivity contribution is 0.177. The van der Waals surface area contributed by atoms with Crippen LogP contribution >= 0.6 is 0 Å². The molecule has 19 heavy (non-hydrogen) atoms. The summed E-state index contributed by atoms with van der Waals surface area (Å²) in [4.78, 5) is 2.67. The van der Waals surface area contributed by atoms with E-state index in [4.69, 9.17) is 0 Å². The lowest BCUT2D eigenvalue weighted by Crippen LogP contribution is -2.45. The first-order chi connectivity index (χ1) is 9.18. The Hall–Kier alpha value is -0.590. The zero-order valence-electron chi connectivity index (χ0n) is 12.6. The number of nitrogens with one attached hydrogen (secondary N) is 1. The van der Waals surface area contributed by atoms with Gasteiger partial charge < -0.3 is 4.90 Å². The Morgan fingerprint density at radius 3 is 2.63 bits per heavy atom. The van der Waals surface area contributed by atoms with E-state index in [1.807, 2.05) is 6.92 Å². The largest absolute Gasteiger partial charge is 0.300 e. The van der Waals surface area contributed by atoms with Gasteiger partial charge in [0.2, 0.25) is 0 Å². The summed E-state index contributed by atoms with van der Waals surface area (Å²) in [5.41, 5.74) is -0.350. The molecule has 2 aliphatic rings. The predicted octanol–water partition coefficient (Wildman–Crippen LogP) is 2.92. The maximum absolute atomic E-state index is 9.34. The highest BCUT2D eigenvalue weighted by Crippen LogP contribution is 2.35. The molecule has 1 aliphatic carbocycles. The quantitative estimate of drug-likeness (QED) is 0.801. The van der Waals surface area contributed by atoms with Crippen LogP contribution in [-0.2, 0) is 0 Å². The SMILES string of the molecule is CCNC(C)(C#N)CCN1CCCC1C1CCCC1. The van der Waals surface area contributed by atoms with E-state index < -0.39 is 0 Å². The first kappa shape index (κ1) is 14.8. The topological polar surface area (TPSA) is 39.1 Å². The van der Waals surface area contributed by atoms with Crippen LogP contribution in [0.3, 0.4) is 0 Å². The van der Waals surface area contributed by atoms with Gasteiger partial charge in [-0.05, 0) is 58.0 Å². The third-order valence-corrected chi connectivity index (χ3v) is 5.07. The van der Waals surface area contributed by atoms with Crippen LogP contribution in [0.25, 0.3) is 0 Å². The van der Waals surface area contributed by atoms with Gasteiger partial charge >= 0.3 is 0 Å². The summed E-state index contributed by atoms with van der Waals surface area (Å²) in [6.45, 7) is 7.31. The number of rotatable bonds is 6. The Kier molecular flexibility index (Phi) is 5.24. The van der Waals surface area contributed by atoms with E-state index in [0.717, 1.165) is 31.5 Å². The Morgan fingerprint density at radius 2 is 2.00 bits per heavy atom. The van der Waals surface area contributed by atoms with E-state index in [0.29, 0.717) is 0 Å². The van der Waals surface area contributed by atoms with E-state index in [9.17, 15) is 5.26 Å². The summed E-state index contributed by atoms with van der Waals surface area (Å²) >= 11 is 0. The average Bonchev–Trinajstić information content (AvgIpc) is 3.07. The van der Waals surface area contributed by atoms with Crippen molar-refractivity contribution in [1.82, 2.24) is 10.2 Å². The monoisotopic (exact) mass is 263 g/mol. The van der Waals surface area contributed by atoms with Crippen LogP contribution in [0.15, 0.2) is 0 Å². The maximum Gasteiger partial charge on any atom is 0.105 e. The second-order valence-corrected chi connectivity index (χ2v) is 6.51. The zero-order valence-corrected chi connectivity index (χ0v) is 12.6. The molecule has 2 unspecified atom stereocenters. The zero-order chi connectivity index (χ0) is 13.7. The van der Waals surface area contributed by atoms with Gasteiger partial charge in [-0.3, -0.25) is 5.32 Å². The van der Waals surface area contributed by atoms with Crippen molar-refractivity contribution in [3.63, 3.8) is 0 Å². The van der Waals surface area contributed by atoms with Crippen molar-refractivity contribution in [1.29, 1.82) is 5.26 Å². The van der Waals surface area contributed by atoms with Gasteiger partial charge in [-0.1, -0.05) is 19.8 Å². The molecule has 0 radical (unpaired) electrons. The standard InChI is InChI=1S/C16H29N3/c1-3-18-16(2,13-17)10-12-19-11-6-9-15(19)14-7-4-5-8-14/h14-15,18H,3-12H2,1-2H3. The van der Waals surface area contributed by atoms with Crippen LogP contribution in [0.2, 0.25) is 0 Å². The minimum absolute atomic E-state index is 0.350. The van der Waals surface area contributed by atoms with Gasteiger partial charge in [0, 0.05) is 12.6 Å². The number of likely N-dealkylation sites (tertiary alicyclic amines) is 1. The summed E-state index contributed by atoms with van der Waals surface area (Å²) in [6, 6.07) is 3.26. The third kappa shape index (κ3) is 3.70. The van der Waals surface area contributed by atoms with Crippen molar-refractivity contribution in [3.8, 4) is 6.07 Å². The van der Waals surface area contributed by atoms with Crippen molar-refractivity contribution in [2.45, 2.75) is 70.4 Å². The summed E-state index contributed by atoms with van der Waals surface area (Å²) in [5.74, 6) is 0.940. The molecular weight excluding hydrogens is 234 g/mol. The van der Waals surface area contributed by atoms with Gasteiger partial charge in [0.05, 0.1) is 6.07 Å². The molecule has 0 aromatic carbocycles. The van der Waals surface area contributed by atoms with Crippen LogP contribution < -0.4 is 5.32 Å². The molecule has 1 saturated heterocycles. The molecular formula is C16H29N3. The van der Waals surface area contributed by atoms with Crippen molar-refractivity contribution < 1.29 is 0 Å². The fraction of sp³-hybridized carbons (Fsp3) is 0.938. The minimum atomic E-state index is -0.350. The highest BCUT2D eigenvalue weighted by atomic mass is 15.2. The van der Waals surface area contributed by atoms with Gasteiger partial charge in [0.25, 0.3) is 0 Å². The molecule has 3 heteroatoms. The van der Waals surface area contributed by atoms with Crippen LogP contribution in [0.4, 0.5) is 0 Å². The van der Waals surface area contributed by atoms with Gasteiger partial charge in [-0.2, -0.15) is 5.26 Å². The minimum Gasteiger partial charge on any atom is -0.300 e. The second-order valence-electron chi connectivity index (χ2n) is 6.51. The van der Waals surface area contributed by atoms with Gasteiger partial charge in [0.15, 0.2) is 0 Å². The number of hydrogen-bond acceptors (Lipinski definition) is 3. The first-order valence-electron chi connectivity index (χ1n) is 8.09. The highest BCUT2D eigenvalue weighted by molar-refractivity contribution is 5.04. The predicted molar refractivity (Wildman–Crippen MR) is 78.9 cm³/mol. The van der Waals surface area contributed by atoms with Crippen LogP contribution in [0.1, 0.15) is 58.8 Å². The highest BCUT2D eigenvalue weighted by Gasteiger charge is 2.34. The molecule has 2 atom stereocenters. The van der Waals surface area contributed by atoms with Crippen molar-refractivity contribution >= 4 is 0 Å². The number of nitrogens with zero attached hydrogens (tertiary/aromatic N) is 2. The average molecular weight is 263 g/mol. The Balaban J connectivity index is 1.85. The molecule has 1 heterocycles. The van der Waals surface area contributed by atoms with Crippen molar-refractivity contribution in [2.75, 3.05) is 19.6 Å². The summed E-state index contributed by atoms with van der Waals surface area (Å²) in [5, 5.41) is 12.7. The molecule has 108 valence electrons. The third-order valence-electron chi connectivity index (χ3n) is 5.07. The Bertz CT molecular complexity index is 316. The summed E-state index contributed by atoms with van der Waals surface area (Å²) in [7, 11) is 0. The molecule has 0 aromatic heterocycles. The molecule has 1 N–H and O–H groups in total. The Morgan fingerprint density at radius 1 is 1.26 bits per heavy atom. The van der Waals surface area contributed by atoms with Crippen LogP contribution in [-0.4, -0.2) is 36.1 Å². The van der Waals surface area contributed by atoms with E-state index in [-0.39, 0.29) is 5.54 Å². The molecule has 2 rings (SSSR count). The molecule has 0 spiro atoms. The van der Waals surface area contributed by atoms with Crippen molar-refractivity contribution in [2.24, 2.45) is 5.92 Å². The lowest BCUT2D eigenvalue weighted by Gasteiger charge is -2.32. The van der Waals surface area contributed by atoms with Gasteiger partial charge in [-0.15, -0.1) is 0 Å². The number of nitriles is 1. The maximum atomic E-state index is 9.34. The fourth-order valence-corrected chi connectivity index (χ4v) is 3.95. The van der Waals surface area contributed by atoms with Crippen LogP contribution in [0, 0.1) is 17.2 Å². The molecule has 0 amide bonds. The molecule has 1 aliphatic heterocycles. The Labute approximate surface area is 118 Å². The first-order valence-corrected chi connectivity index (χ1v) is 8.09. The molecule has 2 fully saturated rings. The van der Waals surface area contributed by atoms with Crippen LogP contribution in [0.5, 0.6) is 0 Å². The molecule has 0 aromatic rings. The molecule has 1 saturated carbocycles. The van der Waals surface area contributed by atoms with E-state index in [1.165, 1.54) is 45.1 Å². The normalized spacial score (nSPS) is 28.4. The summed E-state index contributed by atoms with van der Waals surface area (Å²) in [6.07, 6.45) is 9.42. The second kappa shape index (κ2) is 6.72. The van der Waals surface area contributed by atoms with Gasteiger partial charge in [-0.25, -0.2) is 0 Å². The van der Waals surface area contributed by atoms with Crippen molar-refractivity contribution in [3.05, 3.63) is 0 Å². The lowest BCUT2D eigenvalue weighted by atomic mass is 9.94. The molecule has 0 bridgehead atoms. The van der Waals surface area contributed by atoms with E-state index in [2.05, 4.69) is 23.2 Å². The van der Waals surface area contributed by atoms with E-state index in [1.54, 1.807) is 0 Å². The smallest absolute Gasteiger partial charge is 0.105 e. The van der Waals surface area contributed by atoms with Gasteiger partial charge in [0.1, 0.15) is 5.54 Å². The molecule has 3 nitrogen and oxygen atoms in total. The summed E-state index contributed by atoms with van der Waals surface area (Å²) < 4.78 is 0.